The molecule has 2 N–H and O–H groups in total. The van der Waals surface area contributed by atoms with Crippen molar-refractivity contribution < 1.29 is 24.1 Å². The number of hydrogen-bond acceptors (Lipinski definition) is 5. The Hall–Kier alpha value is -0.690. The van der Waals surface area contributed by atoms with Gasteiger partial charge >= 0.3 is 0 Å². The Balaban J connectivity index is 2.74. The SMILES string of the molecule is CCC(=O)NC1C(C)OC(OC)C(OC)C1O. The summed E-state index contributed by atoms with van der Waals surface area (Å²) in [6.45, 7) is 3.53. The van der Waals surface area contributed by atoms with Crippen molar-refractivity contribution in [2.45, 2.75) is 50.9 Å². The van der Waals surface area contributed by atoms with Crippen molar-refractivity contribution in [2.75, 3.05) is 14.2 Å². The first-order valence-electron chi connectivity index (χ1n) is 5.73. The van der Waals surface area contributed by atoms with Crippen LogP contribution in [0.3, 0.4) is 0 Å². The lowest BCUT2D eigenvalue weighted by atomic mass is 9.96. The summed E-state index contributed by atoms with van der Waals surface area (Å²) in [4.78, 5) is 11.4. The lowest BCUT2D eigenvalue weighted by Gasteiger charge is -2.42. The Bertz CT molecular complexity index is 260. The van der Waals surface area contributed by atoms with Crippen LogP contribution < -0.4 is 5.32 Å². The second-order valence-corrected chi connectivity index (χ2v) is 4.08. The fourth-order valence-electron chi connectivity index (χ4n) is 1.95. The number of aliphatic hydroxyl groups is 1. The van der Waals surface area contributed by atoms with Gasteiger partial charge in [0.05, 0.1) is 12.1 Å². The van der Waals surface area contributed by atoms with Gasteiger partial charge in [-0.15, -0.1) is 0 Å². The number of carbonyl (C=O) groups excluding carboxylic acids is 1. The van der Waals surface area contributed by atoms with Crippen LogP contribution in [-0.2, 0) is 19.0 Å². The second-order valence-electron chi connectivity index (χ2n) is 4.08. The van der Waals surface area contributed by atoms with Crippen LogP contribution in [0.25, 0.3) is 0 Å². The minimum atomic E-state index is -0.857. The van der Waals surface area contributed by atoms with Crippen molar-refractivity contribution in [3.8, 4) is 0 Å². The molecular weight excluding hydrogens is 226 g/mol. The molecule has 1 rings (SSSR count). The zero-order valence-electron chi connectivity index (χ0n) is 10.7. The molecule has 1 saturated heterocycles. The Morgan fingerprint density at radius 2 is 2.06 bits per heavy atom. The molecule has 6 nitrogen and oxygen atoms in total. The summed E-state index contributed by atoms with van der Waals surface area (Å²) < 4.78 is 15.8. The molecule has 1 aliphatic heterocycles. The van der Waals surface area contributed by atoms with Gasteiger partial charge in [0.25, 0.3) is 0 Å². The number of methoxy groups -OCH3 is 2. The first-order chi connectivity index (χ1) is 8.04. The summed E-state index contributed by atoms with van der Waals surface area (Å²) in [6, 6.07) is -0.487. The maximum atomic E-state index is 11.4. The molecule has 0 radical (unpaired) electrons. The van der Waals surface area contributed by atoms with Gasteiger partial charge in [0.1, 0.15) is 12.2 Å². The Labute approximate surface area is 101 Å². The van der Waals surface area contributed by atoms with Crippen molar-refractivity contribution in [3.05, 3.63) is 0 Å². The third-order valence-corrected chi connectivity index (χ3v) is 2.98. The molecule has 0 aliphatic carbocycles. The number of amides is 1. The molecule has 5 atom stereocenters. The fraction of sp³-hybridized carbons (Fsp3) is 0.909. The Morgan fingerprint density at radius 3 is 2.53 bits per heavy atom. The largest absolute Gasteiger partial charge is 0.388 e. The third-order valence-electron chi connectivity index (χ3n) is 2.98. The summed E-state index contributed by atoms with van der Waals surface area (Å²) in [5, 5.41) is 12.9. The highest BCUT2D eigenvalue weighted by atomic mass is 16.7. The summed E-state index contributed by atoms with van der Waals surface area (Å²) in [5.41, 5.74) is 0. The van der Waals surface area contributed by atoms with Gasteiger partial charge in [-0.3, -0.25) is 4.79 Å². The van der Waals surface area contributed by atoms with Crippen molar-refractivity contribution >= 4 is 5.91 Å². The number of carbonyl (C=O) groups is 1. The minimum Gasteiger partial charge on any atom is -0.388 e. The van der Waals surface area contributed by atoms with E-state index in [1.807, 2.05) is 0 Å². The van der Waals surface area contributed by atoms with Crippen molar-refractivity contribution in [1.29, 1.82) is 0 Å². The van der Waals surface area contributed by atoms with E-state index in [0.29, 0.717) is 6.42 Å². The molecule has 1 aliphatic rings. The van der Waals surface area contributed by atoms with Crippen LogP contribution in [0.4, 0.5) is 0 Å². The van der Waals surface area contributed by atoms with E-state index in [1.165, 1.54) is 14.2 Å². The molecule has 5 unspecified atom stereocenters. The predicted octanol–water partition coefficient (Wildman–Crippen LogP) is -0.352. The Morgan fingerprint density at radius 1 is 1.41 bits per heavy atom. The number of ether oxygens (including phenoxy) is 3. The van der Waals surface area contributed by atoms with E-state index in [9.17, 15) is 9.90 Å². The molecule has 1 heterocycles. The summed E-state index contributed by atoms with van der Waals surface area (Å²) in [5.74, 6) is -0.129. The van der Waals surface area contributed by atoms with Crippen molar-refractivity contribution in [2.24, 2.45) is 0 Å². The highest BCUT2D eigenvalue weighted by molar-refractivity contribution is 5.76. The standard InChI is InChI=1S/C11H21NO5/c1-5-7(13)12-8-6(2)17-11(16-4)10(15-3)9(8)14/h6,8-11,14H,5H2,1-4H3,(H,12,13). The summed E-state index contributed by atoms with van der Waals surface area (Å²) in [7, 11) is 2.96. The maximum Gasteiger partial charge on any atom is 0.220 e. The smallest absolute Gasteiger partial charge is 0.220 e. The average Bonchev–Trinajstić information content (AvgIpc) is 2.33. The van der Waals surface area contributed by atoms with Gasteiger partial charge in [0, 0.05) is 20.6 Å². The highest BCUT2D eigenvalue weighted by Gasteiger charge is 2.44. The lowest BCUT2D eigenvalue weighted by Crippen LogP contribution is -2.63. The summed E-state index contributed by atoms with van der Waals surface area (Å²) >= 11 is 0. The average molecular weight is 247 g/mol. The molecule has 0 aromatic rings. The fourth-order valence-corrected chi connectivity index (χ4v) is 1.95. The van der Waals surface area contributed by atoms with Gasteiger partial charge in [-0.2, -0.15) is 0 Å². The van der Waals surface area contributed by atoms with E-state index in [-0.39, 0.29) is 12.0 Å². The normalized spacial score (nSPS) is 37.8. The van der Waals surface area contributed by atoms with Gasteiger partial charge in [-0.1, -0.05) is 6.92 Å². The number of hydrogen-bond donors (Lipinski definition) is 2. The van der Waals surface area contributed by atoms with Crippen LogP contribution in [0, 0.1) is 0 Å². The predicted molar refractivity (Wildman–Crippen MR) is 60.4 cm³/mol. The first-order valence-corrected chi connectivity index (χ1v) is 5.73. The van der Waals surface area contributed by atoms with E-state index in [4.69, 9.17) is 14.2 Å². The number of aliphatic hydroxyl groups excluding tert-OH is 1. The second kappa shape index (κ2) is 6.30. The van der Waals surface area contributed by atoms with Gasteiger partial charge in [-0.05, 0) is 6.92 Å². The number of rotatable bonds is 4. The molecule has 0 bridgehead atoms. The molecule has 17 heavy (non-hydrogen) atoms. The summed E-state index contributed by atoms with van der Waals surface area (Å²) in [6.07, 6.45) is -2.07. The van der Waals surface area contributed by atoms with E-state index >= 15 is 0 Å². The minimum absolute atomic E-state index is 0.129. The Kier molecular flexibility index (Phi) is 5.32. The molecule has 1 amide bonds. The molecule has 6 heteroatoms. The monoisotopic (exact) mass is 247 g/mol. The van der Waals surface area contributed by atoms with Crippen LogP contribution in [-0.4, -0.2) is 55.9 Å². The topological polar surface area (TPSA) is 77.0 Å². The molecule has 0 saturated carbocycles. The third kappa shape index (κ3) is 3.16. The molecule has 0 spiro atoms. The van der Waals surface area contributed by atoms with Gasteiger partial charge < -0.3 is 24.6 Å². The van der Waals surface area contributed by atoms with Crippen LogP contribution >= 0.6 is 0 Å². The molecule has 1 fully saturated rings. The zero-order chi connectivity index (χ0) is 13.0. The zero-order valence-corrected chi connectivity index (χ0v) is 10.7. The first kappa shape index (κ1) is 14.4. The molecular formula is C11H21NO5. The lowest BCUT2D eigenvalue weighted by molar-refractivity contribution is -0.269. The van der Waals surface area contributed by atoms with Gasteiger partial charge in [0.2, 0.25) is 5.91 Å². The van der Waals surface area contributed by atoms with E-state index in [2.05, 4.69) is 5.32 Å². The number of nitrogens with one attached hydrogen (secondary N) is 1. The highest BCUT2D eigenvalue weighted by Crippen LogP contribution is 2.23. The van der Waals surface area contributed by atoms with Crippen LogP contribution in [0.15, 0.2) is 0 Å². The molecule has 0 aromatic heterocycles. The van der Waals surface area contributed by atoms with Crippen LogP contribution in [0.2, 0.25) is 0 Å². The van der Waals surface area contributed by atoms with Gasteiger partial charge in [0.15, 0.2) is 6.29 Å². The maximum absolute atomic E-state index is 11.4. The van der Waals surface area contributed by atoms with Crippen molar-refractivity contribution in [3.63, 3.8) is 0 Å². The van der Waals surface area contributed by atoms with Crippen LogP contribution in [0.5, 0.6) is 0 Å². The van der Waals surface area contributed by atoms with Gasteiger partial charge in [-0.25, -0.2) is 0 Å². The van der Waals surface area contributed by atoms with E-state index in [0.717, 1.165) is 0 Å². The van der Waals surface area contributed by atoms with Crippen molar-refractivity contribution in [1.82, 2.24) is 5.32 Å². The molecule has 0 aromatic carbocycles. The molecule has 100 valence electrons. The van der Waals surface area contributed by atoms with E-state index < -0.39 is 24.5 Å². The quantitative estimate of drug-likeness (QED) is 0.710. The van der Waals surface area contributed by atoms with Crippen LogP contribution in [0.1, 0.15) is 20.3 Å². The van der Waals surface area contributed by atoms with E-state index in [1.54, 1.807) is 13.8 Å².